The average Bonchev–Trinajstić information content (AvgIpc) is 2.94. The first-order valence-electron chi connectivity index (χ1n) is 12.5. The van der Waals surface area contributed by atoms with Crippen molar-refractivity contribution < 1.29 is 28.5 Å². The van der Waals surface area contributed by atoms with Gasteiger partial charge in [-0.1, -0.05) is 6.07 Å². The number of hydrogen-bond acceptors (Lipinski definition) is 9. The van der Waals surface area contributed by atoms with Crippen LogP contribution in [0.3, 0.4) is 0 Å². The number of aromatic hydroxyl groups is 1. The normalized spacial score (nSPS) is 15.2. The van der Waals surface area contributed by atoms with E-state index in [1.54, 1.807) is 52.5 Å². The number of nitrogens with zero attached hydrogens (tertiary/aromatic N) is 1. The van der Waals surface area contributed by atoms with Crippen LogP contribution in [0.15, 0.2) is 57.7 Å². The Labute approximate surface area is 221 Å². The van der Waals surface area contributed by atoms with Crippen LogP contribution in [-0.2, 0) is 6.54 Å². The molecule has 0 spiro atoms. The number of nitrogens with one attached hydrogen (secondary N) is 1. The van der Waals surface area contributed by atoms with Crippen LogP contribution in [0.1, 0.15) is 46.3 Å². The number of carbonyl (C=O) groups excluding carboxylic acids is 1. The second kappa shape index (κ2) is 12.1. The molecule has 2 N–H and O–H groups in total. The standard InChI is InChI=1S/C29H34N2O7/c1-18-15-23(32)28(34)29(38-18)26(27(33)20-6-8-22(35-2)9-7-20)30-21-11-13-31(14-12-21)17-19-5-10-24(36-3)25(16-19)37-4/h5-10,15-16,21,26,30,34H,11-14,17H2,1-4H3. The van der Waals surface area contributed by atoms with Crippen LogP contribution in [0.2, 0.25) is 0 Å². The Balaban J connectivity index is 1.49. The minimum Gasteiger partial charge on any atom is -0.502 e. The predicted molar refractivity (Wildman–Crippen MR) is 142 cm³/mol. The lowest BCUT2D eigenvalue weighted by Gasteiger charge is -2.34. The fourth-order valence-corrected chi connectivity index (χ4v) is 4.74. The van der Waals surface area contributed by atoms with Gasteiger partial charge in [-0.15, -0.1) is 0 Å². The van der Waals surface area contributed by atoms with E-state index in [2.05, 4.69) is 10.2 Å². The summed E-state index contributed by atoms with van der Waals surface area (Å²) in [6.07, 6.45) is 1.55. The summed E-state index contributed by atoms with van der Waals surface area (Å²) in [7, 11) is 4.79. The van der Waals surface area contributed by atoms with Crippen molar-refractivity contribution in [1.29, 1.82) is 0 Å². The molecule has 0 saturated carbocycles. The Morgan fingerprint density at radius 1 is 1.03 bits per heavy atom. The number of hydrogen-bond donors (Lipinski definition) is 2. The van der Waals surface area contributed by atoms with Gasteiger partial charge in [0.25, 0.3) is 0 Å². The molecule has 1 saturated heterocycles. The molecule has 0 aliphatic carbocycles. The first-order chi connectivity index (χ1) is 18.3. The van der Waals surface area contributed by atoms with Crippen molar-refractivity contribution >= 4 is 5.78 Å². The van der Waals surface area contributed by atoms with Crippen LogP contribution in [0.4, 0.5) is 0 Å². The molecule has 1 aliphatic heterocycles. The maximum atomic E-state index is 13.6. The number of ether oxygens (including phenoxy) is 3. The van der Waals surface area contributed by atoms with E-state index in [0.717, 1.165) is 38.0 Å². The zero-order chi connectivity index (χ0) is 27.2. The third-order valence-electron chi connectivity index (χ3n) is 6.82. The lowest BCUT2D eigenvalue weighted by atomic mass is 9.97. The van der Waals surface area contributed by atoms with Crippen LogP contribution < -0.4 is 25.0 Å². The number of piperidine rings is 1. The van der Waals surface area contributed by atoms with Gasteiger partial charge in [0.15, 0.2) is 23.0 Å². The summed E-state index contributed by atoms with van der Waals surface area (Å²) < 4.78 is 21.7. The average molecular weight is 523 g/mol. The quantitative estimate of drug-likeness (QED) is 0.384. The summed E-state index contributed by atoms with van der Waals surface area (Å²) in [6, 6.07) is 12.8. The summed E-state index contributed by atoms with van der Waals surface area (Å²) in [6.45, 7) is 3.99. The lowest BCUT2D eigenvalue weighted by molar-refractivity contribution is 0.0901. The molecule has 0 bridgehead atoms. The van der Waals surface area contributed by atoms with Gasteiger partial charge in [-0.25, -0.2) is 0 Å². The van der Waals surface area contributed by atoms with E-state index in [0.29, 0.717) is 28.6 Å². The van der Waals surface area contributed by atoms with Crippen molar-refractivity contribution in [2.75, 3.05) is 34.4 Å². The highest BCUT2D eigenvalue weighted by atomic mass is 16.5. The van der Waals surface area contributed by atoms with E-state index >= 15 is 0 Å². The van der Waals surface area contributed by atoms with Crippen LogP contribution in [0.25, 0.3) is 0 Å². The van der Waals surface area contributed by atoms with Crippen molar-refractivity contribution in [3.63, 3.8) is 0 Å². The number of methoxy groups -OCH3 is 3. The molecule has 4 rings (SSSR count). The molecule has 1 aromatic heterocycles. The number of rotatable bonds is 10. The monoisotopic (exact) mass is 522 g/mol. The molecule has 38 heavy (non-hydrogen) atoms. The summed E-state index contributed by atoms with van der Waals surface area (Å²) >= 11 is 0. The van der Waals surface area contributed by atoms with Gasteiger partial charge in [0, 0.05) is 24.2 Å². The molecule has 1 aliphatic rings. The molecule has 0 radical (unpaired) electrons. The van der Waals surface area contributed by atoms with Gasteiger partial charge in [-0.3, -0.25) is 19.8 Å². The van der Waals surface area contributed by atoms with Crippen molar-refractivity contribution in [2.24, 2.45) is 0 Å². The van der Waals surface area contributed by atoms with Gasteiger partial charge in [-0.05, 0) is 74.8 Å². The van der Waals surface area contributed by atoms with Crippen molar-refractivity contribution in [3.8, 4) is 23.0 Å². The first kappa shape index (κ1) is 27.2. The Morgan fingerprint density at radius 2 is 1.71 bits per heavy atom. The number of ketones is 1. The van der Waals surface area contributed by atoms with Gasteiger partial charge < -0.3 is 23.7 Å². The van der Waals surface area contributed by atoms with E-state index in [1.165, 1.54) is 6.07 Å². The molecule has 2 heterocycles. The topological polar surface area (TPSA) is 110 Å². The maximum Gasteiger partial charge on any atom is 0.227 e. The summed E-state index contributed by atoms with van der Waals surface area (Å²) in [4.78, 5) is 28.3. The highest BCUT2D eigenvalue weighted by molar-refractivity contribution is 6.00. The molecule has 1 unspecified atom stereocenters. The summed E-state index contributed by atoms with van der Waals surface area (Å²) in [5.41, 5.74) is 0.952. The highest BCUT2D eigenvalue weighted by Crippen LogP contribution is 2.30. The van der Waals surface area contributed by atoms with Gasteiger partial charge in [0.1, 0.15) is 17.6 Å². The SMILES string of the molecule is COc1ccc(C(=O)C(NC2CCN(Cc3ccc(OC)c(OC)c3)CC2)c2oc(C)cc(=O)c2O)cc1. The molecule has 9 nitrogen and oxygen atoms in total. The first-order valence-corrected chi connectivity index (χ1v) is 12.5. The zero-order valence-electron chi connectivity index (χ0n) is 22.2. The smallest absolute Gasteiger partial charge is 0.227 e. The molecule has 3 aromatic rings. The highest BCUT2D eigenvalue weighted by Gasteiger charge is 2.32. The predicted octanol–water partition coefficient (Wildman–Crippen LogP) is 3.86. The number of carbonyl (C=O) groups is 1. The van der Waals surface area contributed by atoms with Crippen LogP contribution >= 0.6 is 0 Å². The Morgan fingerprint density at radius 3 is 2.34 bits per heavy atom. The van der Waals surface area contributed by atoms with E-state index in [-0.39, 0.29) is 17.6 Å². The number of benzene rings is 2. The van der Waals surface area contributed by atoms with E-state index in [9.17, 15) is 14.7 Å². The van der Waals surface area contributed by atoms with Crippen LogP contribution in [-0.4, -0.2) is 56.3 Å². The minimum atomic E-state index is -1.02. The van der Waals surface area contributed by atoms with Crippen LogP contribution in [0.5, 0.6) is 23.0 Å². The van der Waals surface area contributed by atoms with Crippen molar-refractivity contribution in [2.45, 2.75) is 38.4 Å². The molecule has 0 amide bonds. The Kier molecular flexibility index (Phi) is 8.70. The fraction of sp³-hybridized carbons (Fsp3) is 0.379. The molecule has 1 fully saturated rings. The molecule has 202 valence electrons. The lowest BCUT2D eigenvalue weighted by Crippen LogP contribution is -2.45. The third-order valence-corrected chi connectivity index (χ3v) is 6.82. The second-order valence-corrected chi connectivity index (χ2v) is 9.37. The fourth-order valence-electron chi connectivity index (χ4n) is 4.74. The third kappa shape index (κ3) is 6.17. The van der Waals surface area contributed by atoms with Crippen LogP contribution in [0, 0.1) is 6.92 Å². The zero-order valence-corrected chi connectivity index (χ0v) is 22.2. The molecule has 9 heteroatoms. The van der Waals surface area contributed by atoms with Crippen molar-refractivity contribution in [3.05, 3.63) is 81.4 Å². The number of aryl methyl sites for hydroxylation is 1. The molecule has 1 atom stereocenters. The maximum absolute atomic E-state index is 13.6. The molecule has 2 aromatic carbocycles. The van der Waals surface area contributed by atoms with E-state index in [4.69, 9.17) is 18.6 Å². The largest absolute Gasteiger partial charge is 0.502 e. The van der Waals surface area contributed by atoms with Crippen molar-refractivity contribution in [1.82, 2.24) is 10.2 Å². The Bertz CT molecular complexity index is 1310. The number of Topliss-reactive ketones (excluding diaryl/α,β-unsaturated/α-hetero) is 1. The van der Waals surface area contributed by atoms with Gasteiger partial charge >= 0.3 is 0 Å². The van der Waals surface area contributed by atoms with E-state index < -0.39 is 17.2 Å². The summed E-state index contributed by atoms with van der Waals surface area (Å²) in [5.74, 6) is 1.41. The number of likely N-dealkylation sites (tertiary alicyclic amines) is 1. The van der Waals surface area contributed by atoms with Gasteiger partial charge in [0.2, 0.25) is 11.2 Å². The minimum absolute atomic E-state index is 0.0194. The molecular weight excluding hydrogens is 488 g/mol. The van der Waals surface area contributed by atoms with E-state index in [1.807, 2.05) is 18.2 Å². The summed E-state index contributed by atoms with van der Waals surface area (Å²) in [5, 5.41) is 13.9. The molecular formula is C29H34N2O7. The van der Waals surface area contributed by atoms with Gasteiger partial charge in [0.05, 0.1) is 21.3 Å². The Hall–Kier alpha value is -3.82. The second-order valence-electron chi connectivity index (χ2n) is 9.37. The van der Waals surface area contributed by atoms with Gasteiger partial charge in [-0.2, -0.15) is 0 Å².